The molecule has 0 unspecified atom stereocenters. The van der Waals surface area contributed by atoms with Crippen molar-refractivity contribution in [3.05, 3.63) is 59.1 Å². The number of aryl methyl sites for hydroxylation is 1. The van der Waals surface area contributed by atoms with E-state index in [-0.39, 0.29) is 5.75 Å². The van der Waals surface area contributed by atoms with Crippen LogP contribution in [0.3, 0.4) is 0 Å². The summed E-state index contributed by atoms with van der Waals surface area (Å²) >= 11 is 7.21. The molecular weight excluding hydrogens is 398 g/mol. The number of halogens is 1. The summed E-state index contributed by atoms with van der Waals surface area (Å²) in [4.78, 5) is 23.2. The van der Waals surface area contributed by atoms with Gasteiger partial charge in [0.25, 0.3) is 0 Å². The van der Waals surface area contributed by atoms with Gasteiger partial charge in [0.2, 0.25) is 5.91 Å². The molecule has 0 radical (unpaired) electrons. The van der Waals surface area contributed by atoms with E-state index in [0.29, 0.717) is 16.0 Å². The van der Waals surface area contributed by atoms with Gasteiger partial charge in [-0.25, -0.2) is 4.79 Å². The number of hydrogen-bond donors (Lipinski definition) is 2. The summed E-state index contributed by atoms with van der Waals surface area (Å²) in [6.45, 7) is 2.01. The summed E-state index contributed by atoms with van der Waals surface area (Å²) < 4.78 is 1.86. The van der Waals surface area contributed by atoms with Gasteiger partial charge in [0.15, 0.2) is 11.0 Å². The number of nitrogens with one attached hydrogen (secondary N) is 2. The highest BCUT2D eigenvalue weighted by Gasteiger charge is 2.18. The molecule has 0 aliphatic rings. The van der Waals surface area contributed by atoms with Gasteiger partial charge in [0.1, 0.15) is 0 Å². The molecule has 28 heavy (non-hydrogen) atoms. The number of thioether (sulfide) groups is 1. The molecular formula is C19H18ClN5O2S. The molecule has 1 heterocycles. The number of carbonyl (C=O) groups is 2. The zero-order valence-electron chi connectivity index (χ0n) is 15.3. The molecule has 2 aromatic carbocycles. The van der Waals surface area contributed by atoms with E-state index in [0.717, 1.165) is 16.8 Å². The first-order chi connectivity index (χ1) is 13.5. The Balaban J connectivity index is 1.95. The van der Waals surface area contributed by atoms with Crippen LogP contribution in [0.1, 0.15) is 5.56 Å². The van der Waals surface area contributed by atoms with Crippen molar-refractivity contribution in [2.45, 2.75) is 12.1 Å². The van der Waals surface area contributed by atoms with E-state index < -0.39 is 11.9 Å². The number of hydrogen-bond acceptors (Lipinski definition) is 5. The highest BCUT2D eigenvalue weighted by atomic mass is 35.5. The molecule has 0 aliphatic carbocycles. The van der Waals surface area contributed by atoms with Gasteiger partial charge in [-0.05, 0) is 37.3 Å². The molecule has 0 bridgehead atoms. The minimum atomic E-state index is -0.551. The van der Waals surface area contributed by atoms with Gasteiger partial charge in [0.05, 0.1) is 5.75 Å². The van der Waals surface area contributed by atoms with Crippen LogP contribution < -0.4 is 10.6 Å². The molecule has 0 spiro atoms. The van der Waals surface area contributed by atoms with E-state index >= 15 is 0 Å². The number of urea groups is 1. The van der Waals surface area contributed by atoms with Gasteiger partial charge < -0.3 is 5.32 Å². The largest absolute Gasteiger partial charge is 0.341 e. The predicted octanol–water partition coefficient (Wildman–Crippen LogP) is 3.44. The first kappa shape index (κ1) is 19.9. The van der Waals surface area contributed by atoms with Crippen molar-refractivity contribution in [1.29, 1.82) is 0 Å². The SMILES string of the molecule is CNC(=O)NC(=O)CSc1nnc(-c2cccc(C)c2)n1-c1ccc(Cl)cc1. The van der Waals surface area contributed by atoms with Crippen molar-refractivity contribution in [3.63, 3.8) is 0 Å². The number of amides is 3. The summed E-state index contributed by atoms with van der Waals surface area (Å²) in [5.74, 6) is 0.250. The van der Waals surface area contributed by atoms with Crippen LogP contribution in [0.2, 0.25) is 5.02 Å². The molecule has 0 saturated heterocycles. The van der Waals surface area contributed by atoms with Gasteiger partial charge in [-0.15, -0.1) is 10.2 Å². The maximum atomic E-state index is 11.9. The molecule has 1 aromatic heterocycles. The first-order valence-electron chi connectivity index (χ1n) is 8.40. The van der Waals surface area contributed by atoms with Crippen LogP contribution in [0.5, 0.6) is 0 Å². The molecule has 3 aromatic rings. The number of imide groups is 1. The second kappa shape index (κ2) is 8.90. The van der Waals surface area contributed by atoms with Crippen molar-refractivity contribution in [2.75, 3.05) is 12.8 Å². The number of benzene rings is 2. The number of carbonyl (C=O) groups excluding carboxylic acids is 2. The van der Waals surface area contributed by atoms with Gasteiger partial charge in [0, 0.05) is 23.3 Å². The van der Waals surface area contributed by atoms with E-state index in [2.05, 4.69) is 20.8 Å². The maximum absolute atomic E-state index is 11.9. The summed E-state index contributed by atoms with van der Waals surface area (Å²) in [7, 11) is 1.45. The normalized spacial score (nSPS) is 10.5. The number of nitrogens with zero attached hydrogens (tertiary/aromatic N) is 3. The predicted molar refractivity (Wildman–Crippen MR) is 110 cm³/mol. The van der Waals surface area contributed by atoms with E-state index in [1.807, 2.05) is 47.9 Å². The average molecular weight is 416 g/mol. The third kappa shape index (κ3) is 4.71. The molecule has 0 saturated carbocycles. The Kier molecular flexibility index (Phi) is 6.33. The Bertz CT molecular complexity index is 1000. The van der Waals surface area contributed by atoms with Crippen LogP contribution in [0, 0.1) is 6.92 Å². The molecule has 3 amide bonds. The van der Waals surface area contributed by atoms with Crippen LogP contribution in [0.4, 0.5) is 4.79 Å². The molecule has 144 valence electrons. The molecule has 0 atom stereocenters. The molecule has 2 N–H and O–H groups in total. The smallest absolute Gasteiger partial charge is 0.321 e. The lowest BCUT2D eigenvalue weighted by Crippen LogP contribution is -2.38. The molecule has 3 rings (SSSR count). The lowest BCUT2D eigenvalue weighted by Gasteiger charge is -2.11. The highest BCUT2D eigenvalue weighted by Crippen LogP contribution is 2.29. The fraction of sp³-hybridized carbons (Fsp3) is 0.158. The van der Waals surface area contributed by atoms with Crippen LogP contribution in [-0.2, 0) is 4.79 Å². The Labute approximate surface area is 171 Å². The van der Waals surface area contributed by atoms with Gasteiger partial charge >= 0.3 is 6.03 Å². The second-order valence-electron chi connectivity index (χ2n) is 5.90. The summed E-state index contributed by atoms with van der Waals surface area (Å²) in [5, 5.41) is 14.3. The third-order valence-electron chi connectivity index (χ3n) is 3.81. The fourth-order valence-electron chi connectivity index (χ4n) is 2.51. The van der Waals surface area contributed by atoms with Crippen LogP contribution >= 0.6 is 23.4 Å². The first-order valence-corrected chi connectivity index (χ1v) is 9.77. The summed E-state index contributed by atoms with van der Waals surface area (Å²) in [5.41, 5.74) is 2.83. The van der Waals surface area contributed by atoms with Crippen molar-refractivity contribution in [2.24, 2.45) is 0 Å². The van der Waals surface area contributed by atoms with Crippen molar-refractivity contribution in [1.82, 2.24) is 25.4 Å². The second-order valence-corrected chi connectivity index (χ2v) is 7.28. The summed E-state index contributed by atoms with van der Waals surface area (Å²) in [6, 6.07) is 14.7. The monoisotopic (exact) mass is 415 g/mol. The molecule has 7 nitrogen and oxygen atoms in total. The highest BCUT2D eigenvalue weighted by molar-refractivity contribution is 7.99. The van der Waals surface area contributed by atoms with E-state index in [9.17, 15) is 9.59 Å². The Morgan fingerprint density at radius 2 is 1.89 bits per heavy atom. The topological polar surface area (TPSA) is 88.9 Å². The lowest BCUT2D eigenvalue weighted by molar-refractivity contribution is -0.117. The van der Waals surface area contributed by atoms with Crippen molar-refractivity contribution >= 4 is 35.3 Å². The van der Waals surface area contributed by atoms with E-state index in [1.165, 1.54) is 18.8 Å². The van der Waals surface area contributed by atoms with Crippen molar-refractivity contribution in [3.8, 4) is 17.1 Å². The maximum Gasteiger partial charge on any atom is 0.321 e. The lowest BCUT2D eigenvalue weighted by atomic mass is 10.1. The quantitative estimate of drug-likeness (QED) is 0.623. The Hall–Kier alpha value is -2.84. The zero-order valence-corrected chi connectivity index (χ0v) is 16.8. The summed E-state index contributed by atoms with van der Waals surface area (Å²) in [6.07, 6.45) is 0. The minimum Gasteiger partial charge on any atom is -0.341 e. The third-order valence-corrected chi connectivity index (χ3v) is 4.99. The van der Waals surface area contributed by atoms with Crippen LogP contribution in [0.25, 0.3) is 17.1 Å². The van der Waals surface area contributed by atoms with Gasteiger partial charge in [-0.3, -0.25) is 14.7 Å². The molecule has 0 fully saturated rings. The van der Waals surface area contributed by atoms with E-state index in [4.69, 9.17) is 11.6 Å². The minimum absolute atomic E-state index is 0.0208. The number of aromatic nitrogens is 3. The van der Waals surface area contributed by atoms with Crippen molar-refractivity contribution < 1.29 is 9.59 Å². The average Bonchev–Trinajstić information content (AvgIpc) is 3.11. The Morgan fingerprint density at radius 3 is 2.57 bits per heavy atom. The Morgan fingerprint density at radius 1 is 1.14 bits per heavy atom. The fourth-order valence-corrected chi connectivity index (χ4v) is 3.39. The standard InChI is InChI=1S/C19H18ClN5O2S/c1-12-4-3-5-13(10-12)17-23-24-19(28-11-16(26)22-18(27)21-2)25(17)15-8-6-14(20)7-9-15/h3-10H,11H2,1-2H3,(H2,21,22,26,27). The van der Waals surface area contributed by atoms with Gasteiger partial charge in [-0.2, -0.15) is 0 Å². The molecule has 9 heteroatoms. The van der Waals surface area contributed by atoms with Crippen LogP contribution in [0.15, 0.2) is 53.7 Å². The van der Waals surface area contributed by atoms with E-state index in [1.54, 1.807) is 12.1 Å². The van der Waals surface area contributed by atoms with Crippen LogP contribution in [-0.4, -0.2) is 39.5 Å². The zero-order chi connectivity index (χ0) is 20.1. The van der Waals surface area contributed by atoms with Gasteiger partial charge in [-0.1, -0.05) is 47.1 Å². The molecule has 0 aliphatic heterocycles. The number of rotatable bonds is 5.